The van der Waals surface area contributed by atoms with Crippen LogP contribution in [0, 0.1) is 36.2 Å². The number of hydrogen-bond donors (Lipinski definition) is 0. The number of rotatable bonds is 4. The minimum Gasteiger partial charge on any atom is -0.492 e. The number of benzene rings is 2. The fourth-order valence-electron chi connectivity index (χ4n) is 2.75. The number of halogens is 7. The molecule has 0 aliphatic carbocycles. The first-order valence-electron chi connectivity index (χ1n) is 8.33. The monoisotopic (exact) mass is 648 g/mol. The molecule has 3 rings (SSSR count). The zero-order chi connectivity index (χ0) is 22.3. The molecule has 0 radical (unpaired) electrons. The van der Waals surface area contributed by atoms with E-state index in [-0.39, 0.29) is 16.3 Å². The van der Waals surface area contributed by atoms with Crippen molar-refractivity contribution < 1.29 is 31.5 Å². The average molecular weight is 648 g/mol. The summed E-state index contributed by atoms with van der Waals surface area (Å²) in [5.74, 6) is -11.5. The van der Waals surface area contributed by atoms with Crippen molar-refractivity contribution in [3.63, 3.8) is 0 Å². The maximum Gasteiger partial charge on any atom is 0.280 e. The molecule has 158 valence electrons. The highest BCUT2D eigenvalue weighted by molar-refractivity contribution is 14.1. The average Bonchev–Trinajstić information content (AvgIpc) is 2.95. The molecule has 4 nitrogen and oxygen atoms in total. The second-order valence-corrected chi connectivity index (χ2v) is 8.43. The topological polar surface area (TPSA) is 41.9 Å². The third-order valence-corrected chi connectivity index (χ3v) is 5.51. The number of carbonyl (C=O) groups excluding carboxylic acids is 1. The molecule has 0 N–H and O–H groups in total. The number of ether oxygens (including phenoxy) is 1. The van der Waals surface area contributed by atoms with Gasteiger partial charge in [-0.3, -0.25) is 4.79 Å². The molecule has 30 heavy (non-hydrogen) atoms. The molecule has 1 heterocycles. The number of amides is 1. The maximum absolute atomic E-state index is 14.2. The first-order chi connectivity index (χ1) is 14.1. The quantitative estimate of drug-likeness (QED) is 0.139. The lowest BCUT2D eigenvalue weighted by Crippen LogP contribution is -2.25. The zero-order valence-electron chi connectivity index (χ0n) is 15.3. The smallest absolute Gasteiger partial charge is 0.280 e. The number of hydrazone groups is 1. The van der Waals surface area contributed by atoms with Gasteiger partial charge < -0.3 is 4.74 Å². The van der Waals surface area contributed by atoms with Crippen LogP contribution >= 0.6 is 45.2 Å². The molecule has 0 saturated carbocycles. The Bertz CT molecular complexity index is 1110. The minimum atomic E-state index is -2.31. The Hall–Kier alpha value is -1.77. The first kappa shape index (κ1) is 22.9. The molecule has 0 spiro atoms. The molecule has 2 aromatic carbocycles. The molecule has 1 amide bonds. The summed E-state index contributed by atoms with van der Waals surface area (Å²) >= 11 is 4.13. The largest absolute Gasteiger partial charge is 0.492 e. The highest BCUT2D eigenvalue weighted by Gasteiger charge is 2.37. The molecule has 2 aromatic rings. The van der Waals surface area contributed by atoms with Gasteiger partial charge in [0.1, 0.15) is 11.4 Å². The standard InChI is InChI=1S/C19H11F5I2N2O2/c1-3-30-18-8(4-9(25)6-11(18)26)5-10-7(2)27-28(19(10)29)17-15(23)13(21)12(20)14(22)16(17)24/h4-6H,3H2,1-2H3/b10-5-. The Morgan fingerprint density at radius 3 is 2.17 bits per heavy atom. The van der Waals surface area contributed by atoms with Crippen LogP contribution in [-0.2, 0) is 4.79 Å². The van der Waals surface area contributed by atoms with Crippen LogP contribution in [-0.4, -0.2) is 18.2 Å². The van der Waals surface area contributed by atoms with Gasteiger partial charge in [0.15, 0.2) is 23.3 Å². The number of anilines is 1. The predicted octanol–water partition coefficient (Wildman–Crippen LogP) is 5.80. The number of hydrogen-bond acceptors (Lipinski definition) is 3. The van der Waals surface area contributed by atoms with Crippen molar-refractivity contribution in [3.05, 3.63) is 59.5 Å². The van der Waals surface area contributed by atoms with Crippen molar-refractivity contribution in [3.8, 4) is 5.75 Å². The van der Waals surface area contributed by atoms with Gasteiger partial charge in [-0.25, -0.2) is 22.0 Å². The van der Waals surface area contributed by atoms with E-state index in [0.29, 0.717) is 17.9 Å². The summed E-state index contributed by atoms with van der Waals surface area (Å²) in [4.78, 5) is 12.8. The molecule has 1 aliphatic rings. The summed E-state index contributed by atoms with van der Waals surface area (Å²) in [6.07, 6.45) is 1.41. The van der Waals surface area contributed by atoms with E-state index < -0.39 is 40.7 Å². The Morgan fingerprint density at radius 2 is 1.60 bits per heavy atom. The fourth-order valence-corrected chi connectivity index (χ4v) is 4.80. The van der Waals surface area contributed by atoms with Crippen LogP contribution in [0.4, 0.5) is 27.6 Å². The molecule has 0 aromatic heterocycles. The zero-order valence-corrected chi connectivity index (χ0v) is 19.6. The summed E-state index contributed by atoms with van der Waals surface area (Å²) in [5, 5.41) is 3.90. The third kappa shape index (κ3) is 3.92. The van der Waals surface area contributed by atoms with Crippen LogP contribution < -0.4 is 9.75 Å². The van der Waals surface area contributed by atoms with Crippen LogP contribution in [0.1, 0.15) is 19.4 Å². The van der Waals surface area contributed by atoms with E-state index >= 15 is 0 Å². The Kier molecular flexibility index (Phi) is 6.69. The molecule has 1 aliphatic heterocycles. The normalized spacial score (nSPS) is 15.2. The van der Waals surface area contributed by atoms with E-state index in [9.17, 15) is 26.7 Å². The van der Waals surface area contributed by atoms with Crippen LogP contribution in [0.25, 0.3) is 6.08 Å². The number of nitrogens with zero attached hydrogens (tertiary/aromatic N) is 2. The van der Waals surface area contributed by atoms with Gasteiger partial charge in [-0.2, -0.15) is 10.1 Å². The van der Waals surface area contributed by atoms with Gasteiger partial charge in [0, 0.05) is 9.13 Å². The second kappa shape index (κ2) is 8.77. The molecule has 0 saturated heterocycles. The van der Waals surface area contributed by atoms with Crippen LogP contribution in [0.3, 0.4) is 0 Å². The molecular formula is C19H11F5I2N2O2. The summed E-state index contributed by atoms with van der Waals surface area (Å²) in [6, 6.07) is 3.58. The van der Waals surface area contributed by atoms with E-state index in [1.807, 2.05) is 6.07 Å². The van der Waals surface area contributed by atoms with Gasteiger partial charge in [0.25, 0.3) is 5.91 Å². The van der Waals surface area contributed by atoms with Crippen molar-refractivity contribution in [2.45, 2.75) is 13.8 Å². The van der Waals surface area contributed by atoms with E-state index in [2.05, 4.69) is 50.3 Å². The Morgan fingerprint density at radius 1 is 1.03 bits per heavy atom. The fraction of sp³-hybridized carbons (Fsp3) is 0.158. The highest BCUT2D eigenvalue weighted by Crippen LogP contribution is 2.35. The van der Waals surface area contributed by atoms with Gasteiger partial charge >= 0.3 is 0 Å². The molecule has 11 heteroatoms. The van der Waals surface area contributed by atoms with Crippen molar-refractivity contribution in [2.75, 3.05) is 11.6 Å². The van der Waals surface area contributed by atoms with Gasteiger partial charge in [0.05, 0.1) is 21.5 Å². The summed E-state index contributed by atoms with van der Waals surface area (Å²) in [6.45, 7) is 3.52. The predicted molar refractivity (Wildman–Crippen MR) is 118 cm³/mol. The summed E-state index contributed by atoms with van der Waals surface area (Å²) in [7, 11) is 0. The van der Waals surface area contributed by atoms with Crippen molar-refractivity contribution in [1.29, 1.82) is 0 Å². The first-order valence-corrected chi connectivity index (χ1v) is 10.5. The van der Waals surface area contributed by atoms with Crippen molar-refractivity contribution in [2.24, 2.45) is 5.10 Å². The van der Waals surface area contributed by atoms with Crippen LogP contribution in [0.2, 0.25) is 0 Å². The van der Waals surface area contributed by atoms with Crippen molar-refractivity contribution in [1.82, 2.24) is 0 Å². The SMILES string of the molecule is CCOc1c(I)cc(I)cc1/C=C1\C(=O)N(c2c(F)c(F)c(F)c(F)c2F)N=C1C. The summed E-state index contributed by atoms with van der Waals surface area (Å²) in [5.41, 5.74) is -0.954. The van der Waals surface area contributed by atoms with Gasteiger partial charge in [-0.05, 0) is 77.2 Å². The molecule has 0 bridgehead atoms. The lowest BCUT2D eigenvalue weighted by Gasteiger charge is -2.15. The molecule has 0 unspecified atom stereocenters. The van der Waals surface area contributed by atoms with E-state index in [4.69, 9.17) is 4.74 Å². The lowest BCUT2D eigenvalue weighted by molar-refractivity contribution is -0.114. The van der Waals surface area contributed by atoms with E-state index in [1.165, 1.54) is 13.0 Å². The molecule has 0 fully saturated rings. The second-order valence-electron chi connectivity index (χ2n) is 6.02. The van der Waals surface area contributed by atoms with E-state index in [0.717, 1.165) is 7.14 Å². The minimum absolute atomic E-state index is 0.0419. The lowest BCUT2D eigenvalue weighted by atomic mass is 10.1. The van der Waals surface area contributed by atoms with Crippen molar-refractivity contribution >= 4 is 68.6 Å². The molecule has 0 atom stereocenters. The van der Waals surface area contributed by atoms with Gasteiger partial charge in [-0.15, -0.1) is 0 Å². The molecular weight excluding hydrogens is 637 g/mol. The Labute approximate surface area is 195 Å². The van der Waals surface area contributed by atoms with Crippen LogP contribution in [0.5, 0.6) is 5.75 Å². The van der Waals surface area contributed by atoms with Crippen LogP contribution in [0.15, 0.2) is 22.8 Å². The maximum atomic E-state index is 14.2. The summed E-state index contributed by atoms with van der Waals surface area (Å²) < 4.78 is 76.0. The van der Waals surface area contributed by atoms with E-state index in [1.54, 1.807) is 13.0 Å². The number of carbonyl (C=O) groups is 1. The highest BCUT2D eigenvalue weighted by atomic mass is 127. The third-order valence-electron chi connectivity index (χ3n) is 4.09. The Balaban J connectivity index is 2.13. The van der Waals surface area contributed by atoms with Gasteiger partial charge in [0.2, 0.25) is 5.82 Å². The van der Waals surface area contributed by atoms with Gasteiger partial charge in [-0.1, -0.05) is 0 Å².